The molecule has 0 heterocycles. The summed E-state index contributed by atoms with van der Waals surface area (Å²) in [5, 5.41) is 21.3. The van der Waals surface area contributed by atoms with Crippen LogP contribution in [0.5, 0.6) is 0 Å². The molecule has 0 aliphatic carbocycles. The SMILES string of the molecule is C#CCC(NC(=O)c1cc([N+](=O)[O-])cc(Cl)c1Cl)C(=O)O. The highest BCUT2D eigenvalue weighted by atomic mass is 35.5. The maximum Gasteiger partial charge on any atom is 0.327 e. The number of nitrogens with zero attached hydrogens (tertiary/aromatic N) is 1. The number of terminal acetylenes is 1. The lowest BCUT2D eigenvalue weighted by Gasteiger charge is -2.13. The van der Waals surface area contributed by atoms with Gasteiger partial charge in [0, 0.05) is 18.6 Å². The smallest absolute Gasteiger partial charge is 0.327 e. The van der Waals surface area contributed by atoms with Gasteiger partial charge >= 0.3 is 5.97 Å². The van der Waals surface area contributed by atoms with Crippen LogP contribution in [-0.4, -0.2) is 27.9 Å². The molecule has 1 atom stereocenters. The van der Waals surface area contributed by atoms with Crippen LogP contribution >= 0.6 is 23.2 Å². The molecule has 0 aliphatic heterocycles. The van der Waals surface area contributed by atoms with Crippen LogP contribution in [0.15, 0.2) is 12.1 Å². The molecule has 1 aromatic rings. The van der Waals surface area contributed by atoms with E-state index in [1.54, 1.807) is 0 Å². The Morgan fingerprint density at radius 2 is 2.10 bits per heavy atom. The number of carboxylic acid groups (broad SMARTS) is 1. The van der Waals surface area contributed by atoms with Crippen LogP contribution in [0.3, 0.4) is 0 Å². The third kappa shape index (κ3) is 4.08. The van der Waals surface area contributed by atoms with Crippen molar-refractivity contribution in [2.24, 2.45) is 0 Å². The number of nitro benzene ring substituents is 1. The van der Waals surface area contributed by atoms with Gasteiger partial charge in [-0.05, 0) is 0 Å². The van der Waals surface area contributed by atoms with Crippen molar-refractivity contribution in [2.75, 3.05) is 0 Å². The largest absolute Gasteiger partial charge is 0.480 e. The predicted octanol–water partition coefficient (Wildman–Crippen LogP) is 2.11. The zero-order chi connectivity index (χ0) is 16.2. The summed E-state index contributed by atoms with van der Waals surface area (Å²) in [7, 11) is 0. The van der Waals surface area contributed by atoms with Crippen LogP contribution in [0.4, 0.5) is 5.69 Å². The molecule has 1 rings (SSSR count). The monoisotopic (exact) mass is 330 g/mol. The van der Waals surface area contributed by atoms with E-state index in [9.17, 15) is 19.7 Å². The minimum Gasteiger partial charge on any atom is -0.480 e. The average Bonchev–Trinajstić information content (AvgIpc) is 2.40. The van der Waals surface area contributed by atoms with Crippen LogP contribution < -0.4 is 5.32 Å². The van der Waals surface area contributed by atoms with Gasteiger partial charge in [-0.2, -0.15) is 0 Å². The van der Waals surface area contributed by atoms with Crippen molar-refractivity contribution in [2.45, 2.75) is 12.5 Å². The number of nitro groups is 1. The molecule has 0 aromatic heterocycles. The lowest BCUT2D eigenvalue weighted by molar-refractivity contribution is -0.384. The molecule has 0 fully saturated rings. The number of amides is 1. The fourth-order valence-electron chi connectivity index (χ4n) is 1.40. The Balaban J connectivity index is 3.15. The van der Waals surface area contributed by atoms with E-state index in [4.69, 9.17) is 34.7 Å². The number of carbonyl (C=O) groups is 2. The molecule has 0 bridgehead atoms. The minimum absolute atomic E-state index is 0.195. The van der Waals surface area contributed by atoms with Gasteiger partial charge in [0.05, 0.1) is 20.5 Å². The molecule has 7 nitrogen and oxygen atoms in total. The molecule has 110 valence electrons. The van der Waals surface area contributed by atoms with Crippen LogP contribution in [-0.2, 0) is 4.79 Å². The van der Waals surface area contributed by atoms with E-state index in [0.717, 1.165) is 12.1 Å². The standard InChI is InChI=1S/C12H8Cl2N2O5/c1-2-3-9(12(18)19)15-11(17)7-4-6(16(20)21)5-8(13)10(7)14/h1,4-5,9H,3H2,(H,15,17)(H,18,19). The molecule has 0 radical (unpaired) electrons. The lowest BCUT2D eigenvalue weighted by Crippen LogP contribution is -2.40. The highest BCUT2D eigenvalue weighted by molar-refractivity contribution is 6.44. The summed E-state index contributed by atoms with van der Waals surface area (Å²) < 4.78 is 0. The first-order valence-corrected chi connectivity index (χ1v) is 6.14. The Morgan fingerprint density at radius 3 is 2.57 bits per heavy atom. The Kier molecular flexibility index (Phi) is 5.52. The number of halogens is 2. The number of rotatable bonds is 5. The lowest BCUT2D eigenvalue weighted by atomic mass is 10.1. The highest BCUT2D eigenvalue weighted by Crippen LogP contribution is 2.30. The summed E-state index contributed by atoms with van der Waals surface area (Å²) in [5.74, 6) is -0.163. The van der Waals surface area contributed by atoms with Gasteiger partial charge in [-0.25, -0.2) is 4.79 Å². The maximum absolute atomic E-state index is 12.0. The van der Waals surface area contributed by atoms with Crippen molar-refractivity contribution in [1.29, 1.82) is 0 Å². The van der Waals surface area contributed by atoms with Crippen molar-refractivity contribution < 1.29 is 19.6 Å². The second-order valence-corrected chi connectivity index (χ2v) is 4.60. The van der Waals surface area contributed by atoms with Crippen LogP contribution in [0.2, 0.25) is 10.0 Å². The Labute approximate surface area is 129 Å². The third-order valence-corrected chi connectivity index (χ3v) is 3.20. The van der Waals surface area contributed by atoms with Crippen LogP contribution in [0.1, 0.15) is 16.8 Å². The summed E-state index contributed by atoms with van der Waals surface area (Å²) in [5.41, 5.74) is -0.752. The molecule has 2 N–H and O–H groups in total. The topological polar surface area (TPSA) is 110 Å². The van der Waals surface area contributed by atoms with Gasteiger partial charge in [-0.1, -0.05) is 23.2 Å². The molecular weight excluding hydrogens is 323 g/mol. The van der Waals surface area contributed by atoms with Gasteiger partial charge in [0.25, 0.3) is 11.6 Å². The number of nitrogens with one attached hydrogen (secondary N) is 1. The Bertz CT molecular complexity index is 654. The molecular formula is C12H8Cl2N2O5. The first-order chi connectivity index (χ1) is 9.77. The quantitative estimate of drug-likeness (QED) is 0.488. The normalized spacial score (nSPS) is 11.3. The van der Waals surface area contributed by atoms with Gasteiger partial charge in [0.15, 0.2) is 0 Å². The molecule has 9 heteroatoms. The minimum atomic E-state index is -1.34. The maximum atomic E-state index is 12.0. The fourth-order valence-corrected chi connectivity index (χ4v) is 1.81. The number of aliphatic carboxylic acids is 1. The number of benzene rings is 1. The molecule has 0 aliphatic rings. The molecule has 1 amide bonds. The number of carbonyl (C=O) groups excluding carboxylic acids is 1. The van der Waals surface area contributed by atoms with Crippen molar-refractivity contribution in [3.63, 3.8) is 0 Å². The second-order valence-electron chi connectivity index (χ2n) is 3.82. The van der Waals surface area contributed by atoms with E-state index in [0.29, 0.717) is 0 Å². The van der Waals surface area contributed by atoms with Crippen molar-refractivity contribution >= 4 is 40.8 Å². The van der Waals surface area contributed by atoms with Gasteiger partial charge < -0.3 is 10.4 Å². The van der Waals surface area contributed by atoms with E-state index in [-0.39, 0.29) is 22.0 Å². The van der Waals surface area contributed by atoms with Gasteiger partial charge in [0.2, 0.25) is 0 Å². The van der Waals surface area contributed by atoms with Crippen molar-refractivity contribution in [3.05, 3.63) is 37.9 Å². The van der Waals surface area contributed by atoms with E-state index in [2.05, 4.69) is 11.2 Å². The van der Waals surface area contributed by atoms with E-state index in [1.807, 2.05) is 0 Å². The molecule has 0 spiro atoms. The van der Waals surface area contributed by atoms with Crippen molar-refractivity contribution in [1.82, 2.24) is 5.32 Å². The summed E-state index contributed by atoms with van der Waals surface area (Å²) >= 11 is 11.5. The molecule has 0 saturated carbocycles. The number of carboxylic acids is 1. The summed E-state index contributed by atoms with van der Waals surface area (Å²) in [4.78, 5) is 32.8. The van der Waals surface area contributed by atoms with E-state index in [1.165, 1.54) is 0 Å². The summed E-state index contributed by atoms with van der Waals surface area (Å²) in [6.45, 7) is 0. The second kappa shape index (κ2) is 6.92. The van der Waals surface area contributed by atoms with Gasteiger partial charge in [0.1, 0.15) is 6.04 Å². The van der Waals surface area contributed by atoms with Crippen LogP contribution in [0.25, 0.3) is 0 Å². The molecule has 21 heavy (non-hydrogen) atoms. The van der Waals surface area contributed by atoms with Crippen molar-refractivity contribution in [3.8, 4) is 12.3 Å². The molecule has 0 saturated heterocycles. The third-order valence-electron chi connectivity index (χ3n) is 2.39. The summed E-state index contributed by atoms with van der Waals surface area (Å²) in [6, 6.07) is 0.548. The number of hydrogen-bond acceptors (Lipinski definition) is 4. The number of hydrogen-bond donors (Lipinski definition) is 2. The van der Waals surface area contributed by atoms with E-state index < -0.39 is 28.5 Å². The zero-order valence-corrected chi connectivity index (χ0v) is 11.8. The average molecular weight is 331 g/mol. The zero-order valence-electron chi connectivity index (χ0n) is 10.3. The van der Waals surface area contributed by atoms with E-state index >= 15 is 0 Å². The molecule has 1 unspecified atom stereocenters. The van der Waals surface area contributed by atoms with Gasteiger partial charge in [-0.15, -0.1) is 12.3 Å². The van der Waals surface area contributed by atoms with Gasteiger partial charge in [-0.3, -0.25) is 14.9 Å². The van der Waals surface area contributed by atoms with Crippen LogP contribution in [0, 0.1) is 22.5 Å². The Hall–Kier alpha value is -2.30. The highest BCUT2D eigenvalue weighted by Gasteiger charge is 2.24. The summed E-state index contributed by atoms with van der Waals surface area (Å²) in [6.07, 6.45) is 4.75. The molecule has 1 aromatic carbocycles. The first kappa shape index (κ1) is 16.8. The number of non-ortho nitro benzene ring substituents is 1. The Morgan fingerprint density at radius 1 is 1.48 bits per heavy atom. The fraction of sp³-hybridized carbons (Fsp3) is 0.167. The predicted molar refractivity (Wildman–Crippen MR) is 75.5 cm³/mol. The first-order valence-electron chi connectivity index (χ1n) is 5.38.